The van der Waals surface area contributed by atoms with Crippen LogP contribution in [0.5, 0.6) is 5.75 Å². The van der Waals surface area contributed by atoms with Crippen molar-refractivity contribution in [3.63, 3.8) is 0 Å². The maximum absolute atomic E-state index is 13.1. The zero-order valence-electron chi connectivity index (χ0n) is 18.5. The van der Waals surface area contributed by atoms with E-state index in [0.717, 1.165) is 24.5 Å². The molecule has 2 fully saturated rings. The van der Waals surface area contributed by atoms with E-state index in [1.165, 1.54) is 23.5 Å². The Balaban J connectivity index is 1.48. The van der Waals surface area contributed by atoms with Gasteiger partial charge in [-0.25, -0.2) is 13.4 Å². The number of carbonyl (C=O) groups excluding carboxylic acids is 1. The number of rotatable bonds is 7. The van der Waals surface area contributed by atoms with Crippen LogP contribution < -0.4 is 15.0 Å². The van der Waals surface area contributed by atoms with Crippen LogP contribution in [0.15, 0.2) is 41.4 Å². The highest BCUT2D eigenvalue weighted by Gasteiger charge is 2.30. The molecule has 2 aliphatic rings. The third-order valence-electron chi connectivity index (χ3n) is 5.61. The fourth-order valence-electron chi connectivity index (χ4n) is 3.77. The van der Waals surface area contributed by atoms with Crippen LogP contribution >= 0.6 is 0 Å². The van der Waals surface area contributed by atoms with E-state index in [2.05, 4.69) is 15.2 Å². The molecule has 10 nitrogen and oxygen atoms in total. The molecule has 3 heterocycles. The summed E-state index contributed by atoms with van der Waals surface area (Å²) in [5, 5.41) is 2.86. The van der Waals surface area contributed by atoms with Crippen molar-refractivity contribution in [1.82, 2.24) is 14.6 Å². The molecule has 0 radical (unpaired) electrons. The molecule has 1 aromatic carbocycles. The van der Waals surface area contributed by atoms with Gasteiger partial charge >= 0.3 is 0 Å². The Morgan fingerprint density at radius 2 is 1.76 bits per heavy atom. The number of carbonyl (C=O) groups is 1. The summed E-state index contributed by atoms with van der Waals surface area (Å²) in [6, 6.07) is 8.20. The Morgan fingerprint density at radius 1 is 1.06 bits per heavy atom. The van der Waals surface area contributed by atoms with E-state index in [9.17, 15) is 13.2 Å². The summed E-state index contributed by atoms with van der Waals surface area (Å²) in [4.78, 5) is 19.4. The molecular weight excluding hydrogens is 448 g/mol. The summed E-state index contributed by atoms with van der Waals surface area (Å²) in [7, 11) is -2.42. The lowest BCUT2D eigenvalue weighted by Gasteiger charge is -2.28. The summed E-state index contributed by atoms with van der Waals surface area (Å²) in [5.74, 6) is 0.663. The average molecular weight is 477 g/mol. The molecule has 1 aromatic heterocycles. The lowest BCUT2D eigenvalue weighted by atomic mass is 10.2. The van der Waals surface area contributed by atoms with E-state index in [1.54, 1.807) is 12.3 Å². The lowest BCUT2D eigenvalue weighted by molar-refractivity contribution is 0.0729. The molecule has 2 aromatic rings. The highest BCUT2D eigenvalue weighted by molar-refractivity contribution is 7.89. The van der Waals surface area contributed by atoms with E-state index in [0.29, 0.717) is 26.4 Å². The molecule has 1 N–H and O–H groups in total. The number of pyridine rings is 1. The fourth-order valence-corrected chi connectivity index (χ4v) is 5.36. The molecule has 1 amide bonds. The van der Waals surface area contributed by atoms with Crippen LogP contribution in [0.4, 0.5) is 5.82 Å². The number of morpholine rings is 2. The highest BCUT2D eigenvalue weighted by atomic mass is 32.2. The maximum Gasteiger partial charge on any atom is 0.251 e. The van der Waals surface area contributed by atoms with Crippen LogP contribution in [0.3, 0.4) is 0 Å². The normalized spacial score (nSPS) is 17.5. The van der Waals surface area contributed by atoms with Gasteiger partial charge in [0.1, 0.15) is 16.5 Å². The SMILES string of the molecule is COc1ccc(C(=O)NCc2ccnc(N3CCOCC3)c2)cc1S(=O)(=O)N1CCOCC1. The van der Waals surface area contributed by atoms with Gasteiger partial charge in [0.15, 0.2) is 0 Å². The first-order valence-corrected chi connectivity index (χ1v) is 12.2. The summed E-state index contributed by atoms with van der Waals surface area (Å²) in [5.41, 5.74) is 1.14. The third-order valence-corrected chi connectivity index (χ3v) is 7.53. The average Bonchev–Trinajstić information content (AvgIpc) is 2.88. The Labute approximate surface area is 193 Å². The van der Waals surface area contributed by atoms with E-state index in [1.807, 2.05) is 12.1 Å². The van der Waals surface area contributed by atoms with Gasteiger partial charge in [-0.05, 0) is 35.9 Å². The number of nitrogens with one attached hydrogen (secondary N) is 1. The molecule has 0 atom stereocenters. The number of benzene rings is 1. The van der Waals surface area contributed by atoms with Crippen LogP contribution in [-0.2, 0) is 26.0 Å². The standard InChI is InChI=1S/C22H28N4O6S/c1-30-19-3-2-18(15-20(19)33(28,29)26-8-12-32-13-9-26)22(27)24-16-17-4-5-23-21(14-17)25-6-10-31-11-7-25/h2-5,14-15H,6-13,16H2,1H3,(H,24,27). The Morgan fingerprint density at radius 3 is 2.45 bits per heavy atom. The topological polar surface area (TPSA) is 110 Å². The molecule has 2 saturated heterocycles. The minimum absolute atomic E-state index is 0.0296. The molecule has 0 spiro atoms. The van der Waals surface area contributed by atoms with Crippen LogP contribution in [0, 0.1) is 0 Å². The molecule has 0 saturated carbocycles. The minimum Gasteiger partial charge on any atom is -0.495 e. The van der Waals surface area contributed by atoms with Crippen molar-refractivity contribution in [2.45, 2.75) is 11.4 Å². The number of anilines is 1. The van der Waals surface area contributed by atoms with Crippen molar-refractivity contribution in [2.24, 2.45) is 0 Å². The van der Waals surface area contributed by atoms with Gasteiger partial charge in [0.2, 0.25) is 10.0 Å². The van der Waals surface area contributed by atoms with Crippen molar-refractivity contribution in [1.29, 1.82) is 0 Å². The molecule has 2 aliphatic heterocycles. The number of hydrogen-bond acceptors (Lipinski definition) is 8. The number of sulfonamides is 1. The molecular formula is C22H28N4O6S. The van der Waals surface area contributed by atoms with Gasteiger partial charge < -0.3 is 24.4 Å². The second kappa shape index (κ2) is 10.5. The Kier molecular flexibility index (Phi) is 7.43. The summed E-state index contributed by atoms with van der Waals surface area (Å²) in [6.45, 7) is 4.34. The molecule has 11 heteroatoms. The Hall–Kier alpha value is -2.73. The van der Waals surface area contributed by atoms with Crippen molar-refractivity contribution in [2.75, 3.05) is 64.6 Å². The van der Waals surface area contributed by atoms with E-state index >= 15 is 0 Å². The van der Waals surface area contributed by atoms with Gasteiger partial charge in [-0.2, -0.15) is 4.31 Å². The van der Waals surface area contributed by atoms with Crippen molar-refractivity contribution in [3.8, 4) is 5.75 Å². The molecule has 178 valence electrons. The predicted molar refractivity (Wildman–Crippen MR) is 121 cm³/mol. The first-order valence-electron chi connectivity index (χ1n) is 10.8. The van der Waals surface area contributed by atoms with E-state index in [4.69, 9.17) is 14.2 Å². The van der Waals surface area contributed by atoms with E-state index in [-0.39, 0.29) is 41.7 Å². The Bertz CT molecular complexity index is 1080. The predicted octanol–water partition coefficient (Wildman–Crippen LogP) is 0.878. The van der Waals surface area contributed by atoms with Gasteiger partial charge in [0.25, 0.3) is 5.91 Å². The second-order valence-corrected chi connectivity index (χ2v) is 9.59. The van der Waals surface area contributed by atoms with Crippen molar-refractivity contribution >= 4 is 21.7 Å². The lowest BCUT2D eigenvalue weighted by Crippen LogP contribution is -2.40. The molecule has 0 unspecified atom stereocenters. The van der Waals surface area contributed by atoms with Crippen LogP contribution in [0.2, 0.25) is 0 Å². The van der Waals surface area contributed by atoms with Crippen molar-refractivity contribution in [3.05, 3.63) is 47.7 Å². The number of amides is 1. The van der Waals surface area contributed by atoms with Crippen molar-refractivity contribution < 1.29 is 27.4 Å². The zero-order valence-corrected chi connectivity index (χ0v) is 19.3. The first kappa shape index (κ1) is 23.4. The monoisotopic (exact) mass is 476 g/mol. The zero-order chi connectivity index (χ0) is 23.3. The number of methoxy groups -OCH3 is 1. The third kappa shape index (κ3) is 5.44. The van der Waals surface area contributed by atoms with Crippen LogP contribution in [0.1, 0.15) is 15.9 Å². The first-order chi connectivity index (χ1) is 16.0. The minimum atomic E-state index is -3.82. The van der Waals surface area contributed by atoms with E-state index < -0.39 is 10.0 Å². The van der Waals surface area contributed by atoms with Crippen LogP contribution in [0.25, 0.3) is 0 Å². The van der Waals surface area contributed by atoms with Gasteiger partial charge in [-0.15, -0.1) is 0 Å². The summed E-state index contributed by atoms with van der Waals surface area (Å²) in [6.07, 6.45) is 1.71. The molecule has 0 bridgehead atoms. The summed E-state index contributed by atoms with van der Waals surface area (Å²) < 4.78 is 43.5. The molecule has 0 aliphatic carbocycles. The number of hydrogen-bond donors (Lipinski definition) is 1. The smallest absolute Gasteiger partial charge is 0.251 e. The number of ether oxygens (including phenoxy) is 3. The van der Waals surface area contributed by atoms with Gasteiger partial charge in [0.05, 0.1) is 33.5 Å². The quantitative estimate of drug-likeness (QED) is 0.627. The molecule has 4 rings (SSSR count). The fraction of sp³-hybridized carbons (Fsp3) is 0.455. The largest absolute Gasteiger partial charge is 0.495 e. The number of aromatic nitrogens is 1. The summed E-state index contributed by atoms with van der Waals surface area (Å²) >= 11 is 0. The second-order valence-electron chi connectivity index (χ2n) is 7.69. The highest BCUT2D eigenvalue weighted by Crippen LogP contribution is 2.28. The number of nitrogens with zero attached hydrogens (tertiary/aromatic N) is 3. The molecule has 33 heavy (non-hydrogen) atoms. The van der Waals surface area contributed by atoms with Gasteiger partial charge in [-0.3, -0.25) is 4.79 Å². The van der Waals surface area contributed by atoms with Gasteiger partial charge in [0, 0.05) is 44.5 Å². The van der Waals surface area contributed by atoms with Gasteiger partial charge in [-0.1, -0.05) is 0 Å². The van der Waals surface area contributed by atoms with Crippen LogP contribution in [-0.4, -0.2) is 83.3 Å². The maximum atomic E-state index is 13.1.